The Morgan fingerprint density at radius 1 is 1.20 bits per heavy atom. The van der Waals surface area contributed by atoms with Crippen LogP contribution >= 0.6 is 0 Å². The third-order valence-electron chi connectivity index (χ3n) is 2.78. The first kappa shape index (κ1) is 11.8. The summed E-state index contributed by atoms with van der Waals surface area (Å²) in [7, 11) is 0. The highest BCUT2D eigenvalue weighted by Gasteiger charge is 2.09. The van der Waals surface area contributed by atoms with Crippen molar-refractivity contribution in [3.8, 4) is 6.07 Å². The van der Waals surface area contributed by atoms with Gasteiger partial charge in [-0.05, 0) is 24.3 Å². The molecule has 1 nitrogen and oxygen atoms in total. The van der Waals surface area contributed by atoms with Crippen molar-refractivity contribution in [3.63, 3.8) is 0 Å². The van der Waals surface area contributed by atoms with Crippen molar-refractivity contribution >= 4 is 0 Å². The van der Waals surface area contributed by atoms with Crippen LogP contribution in [0.2, 0.25) is 0 Å². The molecule has 0 fully saturated rings. The van der Waals surface area contributed by atoms with Crippen LogP contribution in [0.3, 0.4) is 0 Å². The van der Waals surface area contributed by atoms with E-state index in [0.29, 0.717) is 12.3 Å². The molecule has 0 aliphatic carbocycles. The summed E-state index contributed by atoms with van der Waals surface area (Å²) >= 11 is 0. The van der Waals surface area contributed by atoms with Gasteiger partial charge in [-0.25, -0.2) is 0 Å². The first-order valence-electron chi connectivity index (χ1n) is 5.80. The number of unbranched alkanes of at least 4 members (excludes halogenated alkanes) is 1. The van der Waals surface area contributed by atoms with E-state index in [1.54, 1.807) is 0 Å². The highest BCUT2D eigenvalue weighted by molar-refractivity contribution is 5.19. The second kappa shape index (κ2) is 7.06. The van der Waals surface area contributed by atoms with E-state index < -0.39 is 0 Å². The smallest absolute Gasteiger partial charge is 0.0621 e. The third-order valence-corrected chi connectivity index (χ3v) is 2.78. The van der Waals surface area contributed by atoms with Gasteiger partial charge in [0, 0.05) is 6.42 Å². The van der Waals surface area contributed by atoms with Gasteiger partial charge in [0.2, 0.25) is 0 Å². The molecular formula is C14H19N. The van der Waals surface area contributed by atoms with Crippen molar-refractivity contribution in [1.29, 1.82) is 5.26 Å². The van der Waals surface area contributed by atoms with Crippen LogP contribution in [0.5, 0.6) is 0 Å². The van der Waals surface area contributed by atoms with Crippen LogP contribution in [0.1, 0.15) is 50.5 Å². The normalized spacial score (nSPS) is 12.0. The molecule has 80 valence electrons. The minimum absolute atomic E-state index is 0.575. The summed E-state index contributed by atoms with van der Waals surface area (Å²) in [5, 5.41) is 8.64. The summed E-state index contributed by atoms with van der Waals surface area (Å²) in [4.78, 5) is 0. The highest BCUT2D eigenvalue weighted by Crippen LogP contribution is 2.26. The second-order valence-corrected chi connectivity index (χ2v) is 3.95. The van der Waals surface area contributed by atoms with E-state index >= 15 is 0 Å². The predicted molar refractivity (Wildman–Crippen MR) is 63.6 cm³/mol. The monoisotopic (exact) mass is 201 g/mol. The van der Waals surface area contributed by atoms with E-state index in [0.717, 1.165) is 6.42 Å². The second-order valence-electron chi connectivity index (χ2n) is 3.95. The minimum Gasteiger partial charge on any atom is -0.198 e. The Kier molecular flexibility index (Phi) is 5.55. The van der Waals surface area contributed by atoms with Crippen molar-refractivity contribution in [3.05, 3.63) is 35.9 Å². The molecule has 1 rings (SSSR count). The van der Waals surface area contributed by atoms with E-state index in [4.69, 9.17) is 5.26 Å². The molecular weight excluding hydrogens is 182 g/mol. The molecule has 1 aromatic carbocycles. The van der Waals surface area contributed by atoms with Crippen LogP contribution in [-0.4, -0.2) is 0 Å². The molecule has 0 bridgehead atoms. The van der Waals surface area contributed by atoms with E-state index in [1.165, 1.54) is 24.8 Å². The van der Waals surface area contributed by atoms with Gasteiger partial charge in [0.15, 0.2) is 0 Å². The van der Waals surface area contributed by atoms with Crippen molar-refractivity contribution < 1.29 is 0 Å². The van der Waals surface area contributed by atoms with E-state index in [9.17, 15) is 0 Å². The maximum Gasteiger partial charge on any atom is 0.0621 e. The zero-order valence-electron chi connectivity index (χ0n) is 9.45. The van der Waals surface area contributed by atoms with Gasteiger partial charge in [-0.3, -0.25) is 0 Å². The fraction of sp³-hybridized carbons (Fsp3) is 0.500. The zero-order valence-corrected chi connectivity index (χ0v) is 9.45. The molecule has 0 N–H and O–H groups in total. The van der Waals surface area contributed by atoms with Gasteiger partial charge in [-0.1, -0.05) is 50.1 Å². The lowest BCUT2D eigenvalue weighted by molar-refractivity contribution is 0.554. The molecule has 0 saturated heterocycles. The molecule has 1 atom stereocenters. The Morgan fingerprint density at radius 2 is 1.93 bits per heavy atom. The number of hydrogen-bond donors (Lipinski definition) is 0. The molecule has 0 aliphatic heterocycles. The number of benzene rings is 1. The zero-order chi connectivity index (χ0) is 10.9. The van der Waals surface area contributed by atoms with Crippen LogP contribution < -0.4 is 0 Å². The van der Waals surface area contributed by atoms with Gasteiger partial charge >= 0.3 is 0 Å². The van der Waals surface area contributed by atoms with Crippen LogP contribution in [-0.2, 0) is 0 Å². The lowest BCUT2D eigenvalue weighted by Crippen LogP contribution is -1.98. The first-order valence-corrected chi connectivity index (χ1v) is 5.80. The van der Waals surface area contributed by atoms with Crippen molar-refractivity contribution in [2.75, 3.05) is 0 Å². The summed E-state index contributed by atoms with van der Waals surface area (Å²) in [6.07, 6.45) is 5.37. The summed E-state index contributed by atoms with van der Waals surface area (Å²) in [5.74, 6) is 0.575. The molecule has 0 aromatic heterocycles. The van der Waals surface area contributed by atoms with E-state index in [2.05, 4.69) is 37.3 Å². The molecule has 15 heavy (non-hydrogen) atoms. The summed E-state index contributed by atoms with van der Waals surface area (Å²) in [5.41, 5.74) is 1.39. The Hall–Kier alpha value is -1.29. The van der Waals surface area contributed by atoms with Gasteiger partial charge in [0.25, 0.3) is 0 Å². The lowest BCUT2D eigenvalue weighted by Gasteiger charge is -2.15. The molecule has 0 spiro atoms. The Balaban J connectivity index is 2.59. The molecule has 1 heteroatoms. The molecule has 0 saturated carbocycles. The number of nitriles is 1. The lowest BCUT2D eigenvalue weighted by atomic mass is 9.90. The van der Waals surface area contributed by atoms with Crippen molar-refractivity contribution in [2.45, 2.75) is 44.9 Å². The van der Waals surface area contributed by atoms with Crippen LogP contribution in [0.15, 0.2) is 30.3 Å². The summed E-state index contributed by atoms with van der Waals surface area (Å²) in [6, 6.07) is 12.8. The molecule has 0 aliphatic rings. The van der Waals surface area contributed by atoms with Gasteiger partial charge in [0.1, 0.15) is 0 Å². The van der Waals surface area contributed by atoms with Crippen molar-refractivity contribution in [1.82, 2.24) is 0 Å². The van der Waals surface area contributed by atoms with Crippen LogP contribution in [0.4, 0.5) is 0 Å². The maximum atomic E-state index is 8.64. The van der Waals surface area contributed by atoms with Gasteiger partial charge in [-0.2, -0.15) is 5.26 Å². The van der Waals surface area contributed by atoms with Gasteiger partial charge < -0.3 is 0 Å². The average Bonchev–Trinajstić information content (AvgIpc) is 2.30. The van der Waals surface area contributed by atoms with Gasteiger partial charge in [-0.15, -0.1) is 0 Å². The number of rotatable bonds is 6. The first-order chi connectivity index (χ1) is 7.38. The SMILES string of the molecule is CCCCC(CCC#N)c1ccccc1. The summed E-state index contributed by atoms with van der Waals surface area (Å²) < 4.78 is 0. The largest absolute Gasteiger partial charge is 0.198 e. The maximum absolute atomic E-state index is 8.64. The summed E-state index contributed by atoms with van der Waals surface area (Å²) in [6.45, 7) is 2.21. The molecule has 0 radical (unpaired) electrons. The highest BCUT2D eigenvalue weighted by atomic mass is 14.2. The number of nitrogens with zero attached hydrogens (tertiary/aromatic N) is 1. The fourth-order valence-corrected chi connectivity index (χ4v) is 1.89. The molecule has 1 unspecified atom stereocenters. The van der Waals surface area contributed by atoms with Gasteiger partial charge in [0.05, 0.1) is 6.07 Å². The van der Waals surface area contributed by atoms with Crippen LogP contribution in [0, 0.1) is 11.3 Å². The Morgan fingerprint density at radius 3 is 2.53 bits per heavy atom. The van der Waals surface area contributed by atoms with E-state index in [1.807, 2.05) is 6.07 Å². The number of hydrogen-bond acceptors (Lipinski definition) is 1. The Labute approximate surface area is 92.7 Å². The standard InChI is InChI=1S/C14H19N/c1-2-3-8-13(11-7-12-15)14-9-5-4-6-10-14/h4-6,9-10,13H,2-3,7-8,11H2,1H3. The quantitative estimate of drug-likeness (QED) is 0.674. The molecule has 0 heterocycles. The molecule has 1 aromatic rings. The van der Waals surface area contributed by atoms with Crippen LogP contribution in [0.25, 0.3) is 0 Å². The molecule has 0 amide bonds. The van der Waals surface area contributed by atoms with Crippen molar-refractivity contribution in [2.24, 2.45) is 0 Å². The average molecular weight is 201 g/mol. The Bertz CT molecular complexity index is 297. The third kappa shape index (κ3) is 4.16. The van der Waals surface area contributed by atoms with E-state index in [-0.39, 0.29) is 0 Å². The predicted octanol–water partition coefficient (Wildman–Crippen LogP) is 4.26. The minimum atomic E-state index is 0.575. The fourth-order valence-electron chi connectivity index (χ4n) is 1.89. The topological polar surface area (TPSA) is 23.8 Å².